The maximum Gasteiger partial charge on any atom is 0.192 e. The van der Waals surface area contributed by atoms with Crippen molar-refractivity contribution in [2.75, 3.05) is 6.54 Å². The van der Waals surface area contributed by atoms with Crippen LogP contribution in [0.5, 0.6) is 0 Å². The molecular weight excluding hydrogens is 285 g/mol. The molecule has 0 saturated heterocycles. The van der Waals surface area contributed by atoms with E-state index < -0.39 is 0 Å². The minimum absolute atomic E-state index is 0.0513. The fraction of sp³-hybridized carbons (Fsp3) is 0.375. The highest BCUT2D eigenvalue weighted by Gasteiger charge is 2.16. The topological polar surface area (TPSA) is 37.8 Å². The summed E-state index contributed by atoms with van der Waals surface area (Å²) in [4.78, 5) is 9.68. The third kappa shape index (κ3) is 4.02. The van der Waals surface area contributed by atoms with Gasteiger partial charge in [0, 0.05) is 27.9 Å². The highest BCUT2D eigenvalue weighted by atomic mass is 32.2. The zero-order valence-electron chi connectivity index (χ0n) is 12.8. The van der Waals surface area contributed by atoms with Crippen LogP contribution in [-0.2, 0) is 0 Å². The molecule has 0 aliphatic rings. The van der Waals surface area contributed by atoms with Crippen molar-refractivity contribution < 1.29 is 4.39 Å². The van der Waals surface area contributed by atoms with Crippen LogP contribution in [0.1, 0.15) is 36.8 Å². The molecule has 5 heteroatoms. The SMILES string of the molecule is CCNC(C)c1c(F)cccc1Sc1nc(C)cc(C)n1. The lowest BCUT2D eigenvalue weighted by Gasteiger charge is -2.17. The van der Waals surface area contributed by atoms with Gasteiger partial charge < -0.3 is 5.32 Å². The molecule has 1 N–H and O–H groups in total. The molecule has 1 aromatic heterocycles. The maximum atomic E-state index is 14.2. The summed E-state index contributed by atoms with van der Waals surface area (Å²) in [5.74, 6) is -0.196. The van der Waals surface area contributed by atoms with Gasteiger partial charge in [0.15, 0.2) is 5.16 Å². The molecule has 1 unspecified atom stereocenters. The normalized spacial score (nSPS) is 12.4. The van der Waals surface area contributed by atoms with E-state index in [2.05, 4.69) is 15.3 Å². The Labute approximate surface area is 129 Å². The zero-order valence-corrected chi connectivity index (χ0v) is 13.6. The van der Waals surface area contributed by atoms with E-state index in [9.17, 15) is 4.39 Å². The fourth-order valence-electron chi connectivity index (χ4n) is 2.27. The van der Waals surface area contributed by atoms with Crippen LogP contribution in [-0.4, -0.2) is 16.5 Å². The van der Waals surface area contributed by atoms with Gasteiger partial charge in [-0.2, -0.15) is 0 Å². The molecule has 0 bridgehead atoms. The second-order valence-electron chi connectivity index (χ2n) is 4.97. The van der Waals surface area contributed by atoms with Crippen molar-refractivity contribution in [2.24, 2.45) is 0 Å². The average molecular weight is 305 g/mol. The van der Waals surface area contributed by atoms with Gasteiger partial charge in [-0.3, -0.25) is 0 Å². The number of halogens is 1. The molecule has 21 heavy (non-hydrogen) atoms. The van der Waals surface area contributed by atoms with Gasteiger partial charge in [0.1, 0.15) is 5.82 Å². The van der Waals surface area contributed by atoms with E-state index in [1.54, 1.807) is 6.07 Å². The summed E-state index contributed by atoms with van der Waals surface area (Å²) < 4.78 is 14.2. The molecule has 0 saturated carbocycles. The number of nitrogens with zero attached hydrogens (tertiary/aromatic N) is 2. The van der Waals surface area contributed by atoms with Crippen molar-refractivity contribution in [1.82, 2.24) is 15.3 Å². The second kappa shape index (κ2) is 7.00. The number of hydrogen-bond acceptors (Lipinski definition) is 4. The van der Waals surface area contributed by atoms with Crippen LogP contribution in [0.3, 0.4) is 0 Å². The number of nitrogens with one attached hydrogen (secondary N) is 1. The van der Waals surface area contributed by atoms with Crippen LogP contribution in [0.15, 0.2) is 34.3 Å². The first kappa shape index (κ1) is 15.9. The minimum Gasteiger partial charge on any atom is -0.310 e. The fourth-order valence-corrected chi connectivity index (χ4v) is 3.38. The van der Waals surface area contributed by atoms with E-state index >= 15 is 0 Å². The second-order valence-corrected chi connectivity index (χ2v) is 5.98. The highest BCUT2D eigenvalue weighted by molar-refractivity contribution is 7.99. The molecule has 0 aliphatic heterocycles. The lowest BCUT2D eigenvalue weighted by molar-refractivity contribution is 0.531. The third-order valence-electron chi connectivity index (χ3n) is 3.12. The van der Waals surface area contributed by atoms with Crippen LogP contribution >= 0.6 is 11.8 Å². The van der Waals surface area contributed by atoms with Crippen LogP contribution in [0, 0.1) is 19.7 Å². The Balaban J connectivity index is 2.37. The molecule has 0 radical (unpaired) electrons. The summed E-state index contributed by atoms with van der Waals surface area (Å²) in [6.45, 7) is 8.64. The molecule has 0 fully saturated rings. The quantitative estimate of drug-likeness (QED) is 0.846. The van der Waals surface area contributed by atoms with E-state index in [1.165, 1.54) is 17.8 Å². The largest absolute Gasteiger partial charge is 0.310 e. The smallest absolute Gasteiger partial charge is 0.192 e. The third-order valence-corrected chi connectivity index (χ3v) is 4.06. The number of aromatic nitrogens is 2. The predicted octanol–water partition coefficient (Wildman–Crippen LogP) is 4.05. The van der Waals surface area contributed by atoms with Gasteiger partial charge in [0.25, 0.3) is 0 Å². The molecule has 2 rings (SSSR count). The van der Waals surface area contributed by atoms with Gasteiger partial charge in [-0.15, -0.1) is 0 Å². The summed E-state index contributed by atoms with van der Waals surface area (Å²) in [6, 6.07) is 7.01. The van der Waals surface area contributed by atoms with Crippen molar-refractivity contribution in [3.8, 4) is 0 Å². The van der Waals surface area contributed by atoms with Crippen LogP contribution in [0.25, 0.3) is 0 Å². The summed E-state index contributed by atoms with van der Waals surface area (Å²) in [5, 5.41) is 3.91. The summed E-state index contributed by atoms with van der Waals surface area (Å²) in [6.07, 6.45) is 0. The first-order valence-corrected chi connectivity index (χ1v) is 7.84. The molecule has 0 aliphatic carbocycles. The Morgan fingerprint density at radius 2 is 1.90 bits per heavy atom. The van der Waals surface area contributed by atoms with E-state index in [0.717, 1.165) is 22.8 Å². The maximum absolute atomic E-state index is 14.2. The molecule has 2 aromatic rings. The van der Waals surface area contributed by atoms with Gasteiger partial charge in [0.2, 0.25) is 0 Å². The van der Waals surface area contributed by atoms with Crippen LogP contribution < -0.4 is 5.32 Å². The van der Waals surface area contributed by atoms with E-state index in [1.807, 2.05) is 39.8 Å². The molecule has 1 heterocycles. The minimum atomic E-state index is -0.196. The standard InChI is InChI=1S/C16H20FN3S/c1-5-18-12(4)15-13(17)7-6-8-14(15)21-16-19-10(2)9-11(3)20-16/h6-9,12,18H,5H2,1-4H3. The number of hydrogen-bond donors (Lipinski definition) is 1. The van der Waals surface area contributed by atoms with Gasteiger partial charge in [-0.1, -0.05) is 13.0 Å². The lowest BCUT2D eigenvalue weighted by atomic mass is 10.1. The lowest BCUT2D eigenvalue weighted by Crippen LogP contribution is -2.19. The number of benzene rings is 1. The molecule has 1 atom stereocenters. The van der Waals surface area contributed by atoms with Crippen molar-refractivity contribution in [2.45, 2.75) is 43.8 Å². The first-order chi connectivity index (χ1) is 10.0. The van der Waals surface area contributed by atoms with Crippen molar-refractivity contribution in [3.05, 3.63) is 47.0 Å². The molecule has 0 spiro atoms. The Bertz CT molecular complexity index is 611. The van der Waals surface area contributed by atoms with E-state index in [0.29, 0.717) is 10.7 Å². The molecule has 112 valence electrons. The summed E-state index contributed by atoms with van der Waals surface area (Å²) in [5.41, 5.74) is 2.51. The molecular formula is C16H20FN3S. The predicted molar refractivity (Wildman–Crippen MR) is 84.1 cm³/mol. The molecule has 3 nitrogen and oxygen atoms in total. The first-order valence-electron chi connectivity index (χ1n) is 7.03. The molecule has 1 aromatic carbocycles. The Morgan fingerprint density at radius 3 is 2.52 bits per heavy atom. The van der Waals surface area contributed by atoms with Crippen LogP contribution in [0.2, 0.25) is 0 Å². The summed E-state index contributed by atoms with van der Waals surface area (Å²) >= 11 is 1.41. The van der Waals surface area contributed by atoms with E-state index in [-0.39, 0.29) is 11.9 Å². The highest BCUT2D eigenvalue weighted by Crippen LogP contribution is 2.33. The van der Waals surface area contributed by atoms with Gasteiger partial charge in [-0.05, 0) is 57.3 Å². The monoisotopic (exact) mass is 305 g/mol. The number of rotatable bonds is 5. The molecule has 0 amide bonds. The Morgan fingerprint density at radius 1 is 1.24 bits per heavy atom. The van der Waals surface area contributed by atoms with E-state index in [4.69, 9.17) is 0 Å². The van der Waals surface area contributed by atoms with Crippen LogP contribution in [0.4, 0.5) is 4.39 Å². The Kier molecular flexibility index (Phi) is 5.31. The van der Waals surface area contributed by atoms with Gasteiger partial charge in [0.05, 0.1) is 0 Å². The summed E-state index contributed by atoms with van der Waals surface area (Å²) in [7, 11) is 0. The van der Waals surface area contributed by atoms with Gasteiger partial charge in [-0.25, -0.2) is 14.4 Å². The average Bonchev–Trinajstić information content (AvgIpc) is 2.37. The van der Waals surface area contributed by atoms with Crippen molar-refractivity contribution in [3.63, 3.8) is 0 Å². The zero-order chi connectivity index (χ0) is 15.4. The van der Waals surface area contributed by atoms with Crippen molar-refractivity contribution >= 4 is 11.8 Å². The number of aryl methyl sites for hydroxylation is 2. The van der Waals surface area contributed by atoms with Gasteiger partial charge >= 0.3 is 0 Å². The van der Waals surface area contributed by atoms with Crippen molar-refractivity contribution in [1.29, 1.82) is 0 Å². The Hall–Kier alpha value is -1.46.